The Balaban J connectivity index is 1.49. The van der Waals surface area contributed by atoms with Crippen molar-refractivity contribution in [1.29, 1.82) is 0 Å². The standard InChI is InChI=1S/C25H29N5O4/c1-16(2)19-14-20(23(32)15-22(19)31)24-26-27-25(33)30(24)18-3-4-21-17(13-18)5-6-29(21)8-7-28-9-11-34-12-10-28/h3-6,13-16,31-32H,7-12H2,1-2H3,(H,27,33). The molecule has 1 saturated heterocycles. The molecule has 3 heterocycles. The van der Waals surface area contributed by atoms with E-state index in [0.29, 0.717) is 16.8 Å². The molecule has 1 fully saturated rings. The van der Waals surface area contributed by atoms with Gasteiger partial charge < -0.3 is 19.5 Å². The molecule has 2 aromatic carbocycles. The maximum absolute atomic E-state index is 12.7. The number of ether oxygens (including phenoxy) is 1. The Morgan fingerprint density at radius 2 is 1.85 bits per heavy atom. The lowest BCUT2D eigenvalue weighted by Gasteiger charge is -2.26. The fourth-order valence-electron chi connectivity index (χ4n) is 4.55. The minimum Gasteiger partial charge on any atom is -0.508 e. The second kappa shape index (κ2) is 9.00. The van der Waals surface area contributed by atoms with Crippen LogP contribution in [0.3, 0.4) is 0 Å². The molecule has 0 atom stereocenters. The van der Waals surface area contributed by atoms with Crippen molar-refractivity contribution in [3.8, 4) is 28.6 Å². The summed E-state index contributed by atoms with van der Waals surface area (Å²) in [5, 5.41) is 28.4. The molecule has 0 unspecified atom stereocenters. The van der Waals surface area contributed by atoms with E-state index < -0.39 is 5.69 Å². The first-order valence-corrected chi connectivity index (χ1v) is 11.6. The van der Waals surface area contributed by atoms with Crippen LogP contribution in [0.1, 0.15) is 25.3 Å². The number of morpholine rings is 1. The predicted octanol–water partition coefficient (Wildman–Crippen LogP) is 3.05. The average Bonchev–Trinajstić information content (AvgIpc) is 3.41. The van der Waals surface area contributed by atoms with Crippen LogP contribution in [-0.4, -0.2) is 67.3 Å². The quantitative estimate of drug-likeness (QED) is 0.406. The van der Waals surface area contributed by atoms with E-state index >= 15 is 0 Å². The zero-order chi connectivity index (χ0) is 23.8. The number of aromatic amines is 1. The van der Waals surface area contributed by atoms with Crippen LogP contribution in [0.2, 0.25) is 0 Å². The number of nitrogens with zero attached hydrogens (tertiary/aromatic N) is 4. The SMILES string of the molecule is CC(C)c1cc(-c2n[nH]c(=O)n2-c2ccc3c(ccn3CCN3CCOCC3)c2)c(O)cc1O. The lowest BCUT2D eigenvalue weighted by Crippen LogP contribution is -2.38. The highest BCUT2D eigenvalue weighted by atomic mass is 16.5. The number of H-pyrrole nitrogens is 1. The van der Waals surface area contributed by atoms with Gasteiger partial charge in [-0.3, -0.25) is 4.90 Å². The molecule has 9 nitrogen and oxygen atoms in total. The third-order valence-corrected chi connectivity index (χ3v) is 6.45. The van der Waals surface area contributed by atoms with Gasteiger partial charge in [-0.05, 0) is 41.8 Å². The summed E-state index contributed by atoms with van der Waals surface area (Å²) in [6.07, 6.45) is 2.06. The topological polar surface area (TPSA) is 109 Å². The molecule has 2 aromatic heterocycles. The Labute approximate surface area is 196 Å². The average molecular weight is 464 g/mol. The molecule has 5 rings (SSSR count). The van der Waals surface area contributed by atoms with Crippen LogP contribution in [0.15, 0.2) is 47.4 Å². The van der Waals surface area contributed by atoms with Gasteiger partial charge >= 0.3 is 5.69 Å². The van der Waals surface area contributed by atoms with E-state index in [1.807, 2.05) is 38.1 Å². The highest BCUT2D eigenvalue weighted by Gasteiger charge is 2.20. The van der Waals surface area contributed by atoms with Gasteiger partial charge in [0.15, 0.2) is 5.82 Å². The number of nitrogens with one attached hydrogen (secondary N) is 1. The van der Waals surface area contributed by atoms with Crippen molar-refractivity contribution in [3.05, 3.63) is 58.6 Å². The maximum atomic E-state index is 12.7. The predicted molar refractivity (Wildman–Crippen MR) is 130 cm³/mol. The molecule has 0 amide bonds. The van der Waals surface area contributed by atoms with E-state index in [0.717, 1.165) is 50.3 Å². The van der Waals surface area contributed by atoms with E-state index in [1.54, 1.807) is 6.07 Å². The van der Waals surface area contributed by atoms with Gasteiger partial charge in [-0.25, -0.2) is 14.5 Å². The normalized spacial score (nSPS) is 14.9. The molecule has 9 heteroatoms. The van der Waals surface area contributed by atoms with Crippen molar-refractivity contribution in [2.24, 2.45) is 0 Å². The maximum Gasteiger partial charge on any atom is 0.348 e. The van der Waals surface area contributed by atoms with Crippen molar-refractivity contribution < 1.29 is 14.9 Å². The van der Waals surface area contributed by atoms with Crippen molar-refractivity contribution in [3.63, 3.8) is 0 Å². The van der Waals surface area contributed by atoms with Gasteiger partial charge in [0.05, 0.1) is 24.5 Å². The molecule has 0 saturated carbocycles. The first kappa shape index (κ1) is 22.2. The molecule has 178 valence electrons. The largest absolute Gasteiger partial charge is 0.508 e. The van der Waals surface area contributed by atoms with E-state index in [4.69, 9.17) is 4.74 Å². The number of benzene rings is 2. The fourth-order valence-corrected chi connectivity index (χ4v) is 4.55. The third-order valence-electron chi connectivity index (χ3n) is 6.45. The summed E-state index contributed by atoms with van der Waals surface area (Å²) in [6.45, 7) is 9.21. The molecular formula is C25H29N5O4. The number of aromatic hydroxyl groups is 2. The second-order valence-electron chi connectivity index (χ2n) is 8.98. The van der Waals surface area contributed by atoms with Crippen LogP contribution in [0.4, 0.5) is 0 Å². The smallest absolute Gasteiger partial charge is 0.348 e. The zero-order valence-electron chi connectivity index (χ0n) is 19.4. The van der Waals surface area contributed by atoms with E-state index in [1.165, 1.54) is 10.6 Å². The van der Waals surface area contributed by atoms with Crippen LogP contribution in [0.5, 0.6) is 11.5 Å². The summed E-state index contributed by atoms with van der Waals surface area (Å²) in [5.74, 6) is 0.195. The Kier molecular flexibility index (Phi) is 5.89. The van der Waals surface area contributed by atoms with Crippen molar-refractivity contribution in [2.45, 2.75) is 26.3 Å². The van der Waals surface area contributed by atoms with Crippen LogP contribution in [0, 0.1) is 0 Å². The second-order valence-corrected chi connectivity index (χ2v) is 8.98. The summed E-state index contributed by atoms with van der Waals surface area (Å²) in [4.78, 5) is 15.1. The van der Waals surface area contributed by atoms with E-state index in [-0.39, 0.29) is 23.2 Å². The molecule has 0 bridgehead atoms. The number of aromatic nitrogens is 4. The summed E-state index contributed by atoms with van der Waals surface area (Å²) in [5.41, 5.74) is 2.38. The van der Waals surface area contributed by atoms with Gasteiger partial charge in [0.1, 0.15) is 11.5 Å². The molecular weight excluding hydrogens is 434 g/mol. The highest BCUT2D eigenvalue weighted by Crippen LogP contribution is 2.37. The number of phenols is 2. The molecule has 0 aliphatic carbocycles. The number of hydrogen-bond donors (Lipinski definition) is 3. The summed E-state index contributed by atoms with van der Waals surface area (Å²) in [6, 6.07) is 10.9. The van der Waals surface area contributed by atoms with Gasteiger partial charge in [-0.15, -0.1) is 0 Å². The minimum absolute atomic E-state index is 0.0144. The molecule has 1 aliphatic rings. The monoisotopic (exact) mass is 463 g/mol. The zero-order valence-corrected chi connectivity index (χ0v) is 19.4. The summed E-state index contributed by atoms with van der Waals surface area (Å²) in [7, 11) is 0. The minimum atomic E-state index is -0.403. The molecule has 0 spiro atoms. The number of rotatable bonds is 6. The summed E-state index contributed by atoms with van der Waals surface area (Å²) < 4.78 is 9.09. The highest BCUT2D eigenvalue weighted by molar-refractivity contribution is 5.83. The first-order valence-electron chi connectivity index (χ1n) is 11.6. The molecule has 0 radical (unpaired) electrons. The Hall–Kier alpha value is -3.56. The third kappa shape index (κ3) is 4.08. The van der Waals surface area contributed by atoms with Crippen molar-refractivity contribution in [2.75, 3.05) is 32.8 Å². The Bertz CT molecular complexity index is 1380. The van der Waals surface area contributed by atoms with Gasteiger partial charge in [0.25, 0.3) is 0 Å². The number of fused-ring (bicyclic) bond motifs is 1. The van der Waals surface area contributed by atoms with Crippen LogP contribution in [-0.2, 0) is 11.3 Å². The molecule has 4 aromatic rings. The van der Waals surface area contributed by atoms with Gasteiger partial charge in [-0.1, -0.05) is 13.8 Å². The molecule has 34 heavy (non-hydrogen) atoms. The Morgan fingerprint density at radius 3 is 2.62 bits per heavy atom. The summed E-state index contributed by atoms with van der Waals surface area (Å²) >= 11 is 0. The van der Waals surface area contributed by atoms with Gasteiger partial charge in [-0.2, -0.15) is 5.10 Å². The van der Waals surface area contributed by atoms with Crippen molar-refractivity contribution in [1.82, 2.24) is 24.2 Å². The Morgan fingerprint density at radius 1 is 1.06 bits per heavy atom. The molecule has 1 aliphatic heterocycles. The van der Waals surface area contributed by atoms with Gasteiger partial charge in [0.2, 0.25) is 0 Å². The number of phenolic OH excluding ortho intramolecular Hbond substituents is 2. The van der Waals surface area contributed by atoms with Crippen LogP contribution >= 0.6 is 0 Å². The van der Waals surface area contributed by atoms with Crippen LogP contribution < -0.4 is 5.69 Å². The molecule has 3 N–H and O–H groups in total. The fraction of sp³-hybridized carbons (Fsp3) is 0.360. The van der Waals surface area contributed by atoms with Gasteiger partial charge in [0, 0.05) is 49.3 Å². The lowest BCUT2D eigenvalue weighted by molar-refractivity contribution is 0.0365. The first-order chi connectivity index (χ1) is 16.4. The lowest BCUT2D eigenvalue weighted by atomic mass is 9.98. The van der Waals surface area contributed by atoms with E-state index in [9.17, 15) is 15.0 Å². The van der Waals surface area contributed by atoms with Crippen molar-refractivity contribution >= 4 is 10.9 Å². The van der Waals surface area contributed by atoms with E-state index in [2.05, 4.69) is 25.9 Å². The number of hydrogen-bond acceptors (Lipinski definition) is 6. The van der Waals surface area contributed by atoms with Crippen LogP contribution in [0.25, 0.3) is 28.0 Å².